The van der Waals surface area contributed by atoms with E-state index in [1.165, 1.54) is 19.9 Å². The van der Waals surface area contributed by atoms with Gasteiger partial charge in [-0.05, 0) is 24.5 Å². The predicted molar refractivity (Wildman–Crippen MR) is 81.9 cm³/mol. The number of hydrogen-bond acceptors (Lipinski definition) is 1. The van der Waals surface area contributed by atoms with Crippen molar-refractivity contribution >= 4 is 11.6 Å². The van der Waals surface area contributed by atoms with Crippen molar-refractivity contribution < 1.29 is 35.1 Å². The van der Waals surface area contributed by atoms with Gasteiger partial charge in [-0.25, -0.2) is 4.68 Å². The number of hydrogen-bond donors (Lipinski definition) is 0. The molecule has 0 saturated heterocycles. The van der Waals surface area contributed by atoms with E-state index in [0.29, 0.717) is 24.5 Å². The minimum absolute atomic E-state index is 0.0919. The first-order valence-corrected chi connectivity index (χ1v) is 7.89. The van der Waals surface area contributed by atoms with E-state index < -0.39 is 39.1 Å². The molecule has 0 aliphatic heterocycles. The van der Waals surface area contributed by atoms with Gasteiger partial charge in [0.15, 0.2) is 0 Å². The zero-order chi connectivity index (χ0) is 20.8. The summed E-state index contributed by atoms with van der Waals surface area (Å²) in [6.45, 7) is 2.83. The van der Waals surface area contributed by atoms with Crippen LogP contribution in [0.5, 0.6) is 0 Å². The maximum atomic E-state index is 14.5. The van der Waals surface area contributed by atoms with Crippen molar-refractivity contribution in [2.45, 2.75) is 44.1 Å². The van der Waals surface area contributed by atoms with Crippen LogP contribution >= 0.6 is 11.6 Å². The molecule has 0 amide bonds. The summed E-state index contributed by atoms with van der Waals surface area (Å²) in [7, 11) is 0. The highest BCUT2D eigenvalue weighted by atomic mass is 35.5. The fraction of sp³-hybridized carbons (Fsp3) is 0.438. The van der Waals surface area contributed by atoms with Crippen molar-refractivity contribution in [3.05, 3.63) is 52.3 Å². The Kier molecular flexibility index (Phi) is 5.28. The number of rotatable bonds is 4. The number of aromatic nitrogens is 2. The van der Waals surface area contributed by atoms with Gasteiger partial charge in [0.2, 0.25) is 0 Å². The van der Waals surface area contributed by atoms with Crippen LogP contribution in [0.25, 0.3) is 0 Å². The Bertz CT molecular complexity index is 825. The Morgan fingerprint density at radius 2 is 1.56 bits per heavy atom. The molecule has 2 rings (SSSR count). The smallest absolute Gasteiger partial charge is 0.245 e. The minimum Gasteiger partial charge on any atom is -0.245 e. The summed E-state index contributed by atoms with van der Waals surface area (Å²) in [4.78, 5) is 0. The molecule has 150 valence electrons. The van der Waals surface area contributed by atoms with Crippen LogP contribution in [0.2, 0.25) is 5.02 Å². The molecule has 0 saturated carbocycles. The predicted octanol–water partition coefficient (Wildman–Crippen LogP) is 5.91. The first-order valence-electron chi connectivity index (χ1n) is 7.51. The molecule has 0 aliphatic rings. The largest absolute Gasteiger partial charge is 0.456 e. The lowest BCUT2D eigenvalue weighted by atomic mass is 9.80. The molecule has 1 aromatic heterocycles. The summed E-state index contributed by atoms with van der Waals surface area (Å²) >= 11 is 5.48. The zero-order valence-corrected chi connectivity index (χ0v) is 14.6. The minimum atomic E-state index is -6.52. The SMILES string of the molecule is CCc1cc(C)cc(C(n2cc(Cl)cn2)(C(F)(F)F)C(F)(F)C(F)(F)F)c1. The highest BCUT2D eigenvalue weighted by molar-refractivity contribution is 6.30. The van der Waals surface area contributed by atoms with Crippen LogP contribution in [0.15, 0.2) is 30.6 Å². The van der Waals surface area contributed by atoms with E-state index in [2.05, 4.69) is 5.10 Å². The van der Waals surface area contributed by atoms with E-state index in [9.17, 15) is 35.1 Å². The monoisotopic (exact) mass is 420 g/mol. The van der Waals surface area contributed by atoms with Gasteiger partial charge in [-0.3, -0.25) is 0 Å². The van der Waals surface area contributed by atoms with Crippen LogP contribution in [0.3, 0.4) is 0 Å². The van der Waals surface area contributed by atoms with Gasteiger partial charge in [-0.1, -0.05) is 42.3 Å². The molecule has 1 unspecified atom stereocenters. The fourth-order valence-electron chi connectivity index (χ4n) is 2.89. The lowest BCUT2D eigenvalue weighted by Crippen LogP contribution is -2.66. The molecule has 0 radical (unpaired) electrons. The van der Waals surface area contributed by atoms with Crippen LogP contribution in [0.1, 0.15) is 23.6 Å². The van der Waals surface area contributed by atoms with Crippen molar-refractivity contribution in [2.24, 2.45) is 0 Å². The van der Waals surface area contributed by atoms with Gasteiger partial charge in [-0.2, -0.15) is 40.2 Å². The normalized spacial score (nSPS) is 15.7. The first kappa shape index (κ1) is 21.5. The van der Waals surface area contributed by atoms with Crippen molar-refractivity contribution in [1.82, 2.24) is 9.78 Å². The summed E-state index contributed by atoms with van der Waals surface area (Å²) in [6.07, 6.45) is -11.6. The summed E-state index contributed by atoms with van der Waals surface area (Å²) in [6, 6.07) is 2.71. The highest BCUT2D eigenvalue weighted by Crippen LogP contribution is 2.58. The highest BCUT2D eigenvalue weighted by Gasteiger charge is 2.82. The molecular formula is C16H13ClF8N2. The van der Waals surface area contributed by atoms with Crippen LogP contribution in [-0.2, 0) is 12.0 Å². The standard InChI is InChI=1S/C16H13ClF8N2/c1-3-10-4-9(2)5-11(6-10)13(15(20,21)22,14(18,19)16(23,24)25)27-8-12(17)7-26-27/h4-8H,3H2,1-2H3. The van der Waals surface area contributed by atoms with Crippen molar-refractivity contribution in [3.8, 4) is 0 Å². The Hall–Kier alpha value is -1.84. The lowest BCUT2D eigenvalue weighted by molar-refractivity contribution is -0.366. The molecule has 0 spiro atoms. The molecule has 0 N–H and O–H groups in total. The molecule has 1 atom stereocenters. The molecule has 0 fully saturated rings. The number of aryl methyl sites for hydroxylation is 2. The van der Waals surface area contributed by atoms with E-state index >= 15 is 0 Å². The Labute approximate surface area is 153 Å². The van der Waals surface area contributed by atoms with E-state index in [0.717, 1.165) is 0 Å². The Balaban J connectivity index is 3.05. The number of alkyl halides is 8. The van der Waals surface area contributed by atoms with Crippen LogP contribution in [-0.4, -0.2) is 28.1 Å². The second-order valence-electron chi connectivity index (χ2n) is 5.94. The molecule has 11 heteroatoms. The maximum absolute atomic E-state index is 14.5. The van der Waals surface area contributed by atoms with Gasteiger partial charge in [0.05, 0.1) is 11.2 Å². The van der Waals surface area contributed by atoms with Gasteiger partial charge < -0.3 is 0 Å². The van der Waals surface area contributed by atoms with Gasteiger partial charge in [0.1, 0.15) is 0 Å². The third kappa shape index (κ3) is 3.28. The molecular weight excluding hydrogens is 408 g/mol. The summed E-state index contributed by atoms with van der Waals surface area (Å²) in [5, 5.41) is 2.56. The average Bonchev–Trinajstić information content (AvgIpc) is 2.90. The molecule has 2 aromatic rings. The summed E-state index contributed by atoms with van der Waals surface area (Å²) < 4.78 is 110. The molecule has 2 nitrogen and oxygen atoms in total. The topological polar surface area (TPSA) is 17.8 Å². The molecule has 1 heterocycles. The van der Waals surface area contributed by atoms with Gasteiger partial charge in [0.25, 0.3) is 5.54 Å². The molecule has 0 aliphatic carbocycles. The molecule has 27 heavy (non-hydrogen) atoms. The van der Waals surface area contributed by atoms with Gasteiger partial charge in [0, 0.05) is 6.20 Å². The quantitative estimate of drug-likeness (QED) is 0.562. The number of nitrogens with zero attached hydrogens (tertiary/aromatic N) is 2. The van der Waals surface area contributed by atoms with Gasteiger partial charge >= 0.3 is 18.3 Å². The van der Waals surface area contributed by atoms with Crippen LogP contribution in [0, 0.1) is 6.92 Å². The third-order valence-electron chi connectivity index (χ3n) is 4.08. The van der Waals surface area contributed by atoms with Crippen LogP contribution in [0.4, 0.5) is 35.1 Å². The van der Waals surface area contributed by atoms with Crippen molar-refractivity contribution in [2.75, 3.05) is 0 Å². The van der Waals surface area contributed by atoms with E-state index in [4.69, 9.17) is 11.6 Å². The first-order chi connectivity index (χ1) is 12.2. The lowest BCUT2D eigenvalue weighted by Gasteiger charge is -2.42. The van der Waals surface area contributed by atoms with E-state index in [1.54, 1.807) is 0 Å². The maximum Gasteiger partial charge on any atom is 0.456 e. The Morgan fingerprint density at radius 3 is 1.96 bits per heavy atom. The number of benzene rings is 1. The second-order valence-corrected chi connectivity index (χ2v) is 6.38. The van der Waals surface area contributed by atoms with Crippen molar-refractivity contribution in [3.63, 3.8) is 0 Å². The zero-order valence-electron chi connectivity index (χ0n) is 13.9. The third-order valence-corrected chi connectivity index (χ3v) is 4.27. The average molecular weight is 421 g/mol. The van der Waals surface area contributed by atoms with E-state index in [-0.39, 0.29) is 17.5 Å². The Morgan fingerprint density at radius 1 is 0.963 bits per heavy atom. The number of halogens is 9. The summed E-state index contributed by atoms with van der Waals surface area (Å²) in [5.74, 6) is -6.24. The van der Waals surface area contributed by atoms with Crippen LogP contribution < -0.4 is 0 Å². The van der Waals surface area contributed by atoms with Gasteiger partial charge in [-0.15, -0.1) is 0 Å². The molecule has 0 bridgehead atoms. The van der Waals surface area contributed by atoms with Crippen molar-refractivity contribution in [1.29, 1.82) is 0 Å². The summed E-state index contributed by atoms with van der Waals surface area (Å²) in [5.41, 5.74) is -5.86. The van der Waals surface area contributed by atoms with E-state index in [1.807, 2.05) is 0 Å². The second kappa shape index (κ2) is 6.65. The molecule has 1 aromatic carbocycles. The fourth-order valence-corrected chi connectivity index (χ4v) is 3.03.